The fourth-order valence-electron chi connectivity index (χ4n) is 1.17. The molecular weight excluding hydrogens is 287 g/mol. The van der Waals surface area contributed by atoms with E-state index in [4.69, 9.17) is 34.8 Å². The van der Waals surface area contributed by atoms with Gasteiger partial charge in [-0.15, -0.1) is 0 Å². The molecule has 1 rings (SSSR count). The van der Waals surface area contributed by atoms with E-state index in [1.54, 1.807) is 0 Å². The molecule has 0 amide bonds. The van der Waals surface area contributed by atoms with Crippen LogP contribution in [0.1, 0.15) is 5.56 Å². The number of halogens is 6. The Bertz CT molecular complexity index is 345. The molecule has 0 radical (unpaired) electrons. The van der Waals surface area contributed by atoms with E-state index in [2.05, 4.69) is 0 Å². The quantitative estimate of drug-likeness (QED) is 0.781. The number of hydrogen-bond donors (Lipinski definition) is 1. The van der Waals surface area contributed by atoms with Crippen LogP contribution >= 0.6 is 34.8 Å². The van der Waals surface area contributed by atoms with Crippen LogP contribution in [0.4, 0.5) is 13.2 Å². The van der Waals surface area contributed by atoms with Crippen molar-refractivity contribution in [2.24, 2.45) is 0 Å². The van der Waals surface area contributed by atoms with Gasteiger partial charge in [-0.2, -0.15) is 13.2 Å². The van der Waals surface area contributed by atoms with E-state index in [0.29, 0.717) is 0 Å². The first-order chi connectivity index (χ1) is 7.11. The molecule has 0 aliphatic heterocycles. The standard InChI is InChI=1S/C9H6Cl3F3O/c10-8(11,12)7(16,9(13,14)15)6-4-2-1-3-5-6/h1-5,16H. The third-order valence-corrected chi connectivity index (χ3v) is 2.83. The first-order valence-corrected chi connectivity index (χ1v) is 5.15. The third kappa shape index (κ3) is 2.25. The highest BCUT2D eigenvalue weighted by Crippen LogP contribution is 2.53. The lowest BCUT2D eigenvalue weighted by Crippen LogP contribution is -2.52. The fraction of sp³-hybridized carbons (Fsp3) is 0.333. The molecule has 0 saturated carbocycles. The second kappa shape index (κ2) is 4.26. The minimum absolute atomic E-state index is 0.525. The van der Waals surface area contributed by atoms with E-state index in [0.717, 1.165) is 12.1 Å². The van der Waals surface area contributed by atoms with Crippen LogP contribution < -0.4 is 0 Å². The van der Waals surface area contributed by atoms with Crippen LogP contribution in [0.15, 0.2) is 30.3 Å². The zero-order valence-corrected chi connectivity index (χ0v) is 9.87. The highest BCUT2D eigenvalue weighted by atomic mass is 35.6. The molecule has 1 aromatic carbocycles. The van der Waals surface area contributed by atoms with Gasteiger partial charge in [0.1, 0.15) is 0 Å². The zero-order chi connectivity index (χ0) is 12.6. The number of alkyl halides is 6. The van der Waals surface area contributed by atoms with E-state index < -0.39 is 21.1 Å². The van der Waals surface area contributed by atoms with Gasteiger partial charge >= 0.3 is 6.18 Å². The topological polar surface area (TPSA) is 20.2 Å². The summed E-state index contributed by atoms with van der Waals surface area (Å²) in [6.45, 7) is 0. The van der Waals surface area contributed by atoms with Crippen molar-refractivity contribution in [3.05, 3.63) is 35.9 Å². The average molecular weight is 293 g/mol. The Kier molecular flexibility index (Phi) is 3.70. The Morgan fingerprint density at radius 3 is 1.69 bits per heavy atom. The van der Waals surface area contributed by atoms with Gasteiger partial charge in [0, 0.05) is 0 Å². The number of aliphatic hydroxyl groups is 1. The molecule has 1 N–H and O–H groups in total. The third-order valence-electron chi connectivity index (χ3n) is 2.01. The predicted molar refractivity (Wildman–Crippen MR) is 56.7 cm³/mol. The molecule has 0 bridgehead atoms. The summed E-state index contributed by atoms with van der Waals surface area (Å²) in [5, 5.41) is 9.63. The van der Waals surface area contributed by atoms with Crippen molar-refractivity contribution in [2.75, 3.05) is 0 Å². The molecule has 0 fully saturated rings. The van der Waals surface area contributed by atoms with Crippen LogP contribution in [0.2, 0.25) is 0 Å². The summed E-state index contributed by atoms with van der Waals surface area (Å²) in [6, 6.07) is 6.17. The van der Waals surface area contributed by atoms with E-state index >= 15 is 0 Å². The molecule has 0 saturated heterocycles. The monoisotopic (exact) mass is 292 g/mol. The maximum Gasteiger partial charge on any atom is 0.425 e. The van der Waals surface area contributed by atoms with Gasteiger partial charge in [-0.1, -0.05) is 65.1 Å². The van der Waals surface area contributed by atoms with Gasteiger partial charge in [0.05, 0.1) is 0 Å². The van der Waals surface area contributed by atoms with Crippen molar-refractivity contribution >= 4 is 34.8 Å². The van der Waals surface area contributed by atoms with Gasteiger partial charge in [-0.25, -0.2) is 0 Å². The smallest absolute Gasteiger partial charge is 0.373 e. The van der Waals surface area contributed by atoms with Gasteiger partial charge in [-0.05, 0) is 5.56 Å². The lowest BCUT2D eigenvalue weighted by Gasteiger charge is -2.36. The first kappa shape index (κ1) is 13.9. The molecule has 1 atom stereocenters. The van der Waals surface area contributed by atoms with Crippen LogP contribution in [0.3, 0.4) is 0 Å². The number of benzene rings is 1. The Hall–Kier alpha value is -0.160. The molecule has 7 heteroatoms. The number of hydrogen-bond acceptors (Lipinski definition) is 1. The van der Waals surface area contributed by atoms with E-state index in [-0.39, 0.29) is 0 Å². The molecule has 1 unspecified atom stereocenters. The van der Waals surface area contributed by atoms with Gasteiger partial charge < -0.3 is 5.11 Å². The minimum atomic E-state index is -5.10. The summed E-state index contributed by atoms with van der Waals surface area (Å²) in [5.41, 5.74) is -4.06. The second-order valence-corrected chi connectivity index (χ2v) is 5.35. The van der Waals surface area contributed by atoms with Crippen molar-refractivity contribution in [1.29, 1.82) is 0 Å². The van der Waals surface area contributed by atoms with Crippen LogP contribution in [0.25, 0.3) is 0 Å². The van der Waals surface area contributed by atoms with Crippen molar-refractivity contribution in [1.82, 2.24) is 0 Å². The van der Waals surface area contributed by atoms with Crippen molar-refractivity contribution < 1.29 is 18.3 Å². The zero-order valence-electron chi connectivity index (χ0n) is 7.60. The lowest BCUT2D eigenvalue weighted by molar-refractivity contribution is -0.265. The first-order valence-electron chi connectivity index (χ1n) is 4.02. The molecule has 1 nitrogen and oxygen atoms in total. The SMILES string of the molecule is OC(c1ccccc1)(C(F)(F)F)C(Cl)(Cl)Cl. The van der Waals surface area contributed by atoms with E-state index in [1.807, 2.05) is 0 Å². The summed E-state index contributed by atoms with van der Waals surface area (Å²) in [7, 11) is 0. The van der Waals surface area contributed by atoms with Gasteiger partial charge in [-0.3, -0.25) is 0 Å². The summed E-state index contributed by atoms with van der Waals surface area (Å²) in [5.74, 6) is 0. The predicted octanol–water partition coefficient (Wildman–Crippen LogP) is 3.81. The normalized spacial score (nSPS) is 16.9. The highest BCUT2D eigenvalue weighted by Gasteiger charge is 2.66. The average Bonchev–Trinajstić information content (AvgIpc) is 2.14. The minimum Gasteiger partial charge on any atom is -0.373 e. The molecule has 0 aromatic heterocycles. The summed E-state index contributed by atoms with van der Waals surface area (Å²) >= 11 is 15.7. The van der Waals surface area contributed by atoms with E-state index in [9.17, 15) is 18.3 Å². The van der Waals surface area contributed by atoms with Crippen LogP contribution in [0, 0.1) is 0 Å². The molecule has 16 heavy (non-hydrogen) atoms. The van der Waals surface area contributed by atoms with Crippen molar-refractivity contribution in [2.45, 2.75) is 15.6 Å². The van der Waals surface area contributed by atoms with Crippen LogP contribution in [0.5, 0.6) is 0 Å². The second-order valence-electron chi connectivity index (χ2n) is 3.07. The summed E-state index contributed by atoms with van der Waals surface area (Å²) in [4.78, 5) is 0. The van der Waals surface area contributed by atoms with Crippen molar-refractivity contribution in [3.8, 4) is 0 Å². The van der Waals surface area contributed by atoms with Gasteiger partial charge in [0.2, 0.25) is 9.39 Å². The lowest BCUT2D eigenvalue weighted by atomic mass is 9.95. The van der Waals surface area contributed by atoms with E-state index in [1.165, 1.54) is 18.2 Å². The summed E-state index contributed by atoms with van der Waals surface area (Å²) in [6.07, 6.45) is -5.10. The van der Waals surface area contributed by atoms with Crippen LogP contribution in [-0.4, -0.2) is 15.1 Å². The molecule has 90 valence electrons. The Balaban J connectivity index is 3.39. The molecule has 1 aromatic rings. The molecule has 0 aliphatic carbocycles. The highest BCUT2D eigenvalue weighted by molar-refractivity contribution is 6.68. The molecule has 0 heterocycles. The number of rotatable bonds is 1. The van der Waals surface area contributed by atoms with Crippen molar-refractivity contribution in [3.63, 3.8) is 0 Å². The molecule has 0 spiro atoms. The maximum atomic E-state index is 12.8. The largest absolute Gasteiger partial charge is 0.425 e. The molecular formula is C9H6Cl3F3O. The van der Waals surface area contributed by atoms with Gasteiger partial charge in [0.15, 0.2) is 0 Å². The Labute approximate surface area is 105 Å². The Morgan fingerprint density at radius 2 is 1.38 bits per heavy atom. The summed E-state index contributed by atoms with van der Waals surface area (Å²) < 4.78 is 35.4. The Morgan fingerprint density at radius 1 is 0.938 bits per heavy atom. The van der Waals surface area contributed by atoms with Gasteiger partial charge in [0.25, 0.3) is 0 Å². The maximum absolute atomic E-state index is 12.8. The van der Waals surface area contributed by atoms with Crippen LogP contribution in [-0.2, 0) is 5.60 Å². The fourth-order valence-corrected chi connectivity index (χ4v) is 1.82. The molecule has 0 aliphatic rings.